The van der Waals surface area contributed by atoms with Gasteiger partial charge in [-0.15, -0.1) is 0 Å². The van der Waals surface area contributed by atoms with Crippen molar-refractivity contribution in [3.8, 4) is 0 Å². The van der Waals surface area contributed by atoms with E-state index in [9.17, 15) is 4.79 Å². The zero-order valence-corrected chi connectivity index (χ0v) is 10.6. The van der Waals surface area contributed by atoms with Crippen molar-refractivity contribution in [2.24, 2.45) is 0 Å². The van der Waals surface area contributed by atoms with Crippen LogP contribution < -0.4 is 5.32 Å². The van der Waals surface area contributed by atoms with Crippen LogP contribution in [0, 0.1) is 0 Å². The third kappa shape index (κ3) is 2.33. The molecule has 1 aromatic heterocycles. The van der Waals surface area contributed by atoms with Crippen molar-refractivity contribution in [1.29, 1.82) is 0 Å². The summed E-state index contributed by atoms with van der Waals surface area (Å²) in [6, 6.07) is 5.50. The summed E-state index contributed by atoms with van der Waals surface area (Å²) in [5, 5.41) is 10.5. The molecule has 0 saturated carbocycles. The van der Waals surface area contributed by atoms with Gasteiger partial charge in [-0.2, -0.15) is 11.8 Å². The highest BCUT2D eigenvalue weighted by Gasteiger charge is 2.17. The highest BCUT2D eigenvalue weighted by molar-refractivity contribution is 7.99. The van der Waals surface area contributed by atoms with Gasteiger partial charge < -0.3 is 5.32 Å². The second-order valence-corrected chi connectivity index (χ2v) is 5.55. The van der Waals surface area contributed by atoms with E-state index in [1.807, 2.05) is 11.8 Å². The zero-order chi connectivity index (χ0) is 12.4. The number of rotatable bonds is 2. The van der Waals surface area contributed by atoms with E-state index in [1.165, 1.54) is 0 Å². The summed E-state index contributed by atoms with van der Waals surface area (Å²) in [4.78, 5) is 12.1. The fourth-order valence-corrected chi connectivity index (χ4v) is 3.14. The third-order valence-electron chi connectivity index (χ3n) is 3.07. The fraction of sp³-hybridized carbons (Fsp3) is 0.417. The van der Waals surface area contributed by atoms with Gasteiger partial charge in [-0.1, -0.05) is 0 Å². The van der Waals surface area contributed by atoms with E-state index in [0.29, 0.717) is 22.6 Å². The molecule has 1 aromatic carbocycles. The van der Waals surface area contributed by atoms with Crippen LogP contribution >= 0.6 is 11.8 Å². The summed E-state index contributed by atoms with van der Waals surface area (Å²) in [5.41, 5.74) is 1.89. The molecule has 1 amide bonds. The largest absolute Gasteiger partial charge is 0.349 e. The van der Waals surface area contributed by atoms with Crippen LogP contribution in [-0.4, -0.2) is 33.8 Å². The Kier molecular flexibility index (Phi) is 3.19. The number of nitrogens with zero attached hydrogens (tertiary/aromatic N) is 2. The number of benzene rings is 1. The van der Waals surface area contributed by atoms with E-state index in [-0.39, 0.29) is 5.91 Å². The van der Waals surface area contributed by atoms with Gasteiger partial charge in [0.2, 0.25) is 0 Å². The van der Waals surface area contributed by atoms with E-state index in [0.717, 1.165) is 24.3 Å². The number of hydrogen-bond donors (Lipinski definition) is 1. The number of amides is 1. The highest BCUT2D eigenvalue weighted by Crippen LogP contribution is 2.18. The van der Waals surface area contributed by atoms with Gasteiger partial charge in [-0.3, -0.25) is 4.79 Å². The lowest BCUT2D eigenvalue weighted by molar-refractivity contribution is 0.0935. The van der Waals surface area contributed by atoms with Gasteiger partial charge in [0.15, 0.2) is 0 Å². The Balaban J connectivity index is 1.74. The zero-order valence-electron chi connectivity index (χ0n) is 9.76. The molecular formula is C12H13N3O2S. The van der Waals surface area contributed by atoms with Crippen LogP contribution in [0.3, 0.4) is 0 Å². The Hall–Kier alpha value is -1.56. The molecule has 1 aliphatic rings. The Morgan fingerprint density at radius 3 is 2.89 bits per heavy atom. The Labute approximate surface area is 108 Å². The number of fused-ring (bicyclic) bond motifs is 1. The van der Waals surface area contributed by atoms with Crippen LogP contribution in [-0.2, 0) is 0 Å². The molecular weight excluding hydrogens is 250 g/mol. The average molecular weight is 263 g/mol. The number of hydrogen-bond acceptors (Lipinski definition) is 5. The first-order valence-corrected chi connectivity index (χ1v) is 7.09. The highest BCUT2D eigenvalue weighted by atomic mass is 32.2. The predicted octanol–water partition coefficient (Wildman–Crippen LogP) is 1.85. The van der Waals surface area contributed by atoms with Crippen molar-refractivity contribution in [2.75, 3.05) is 11.5 Å². The van der Waals surface area contributed by atoms with Crippen molar-refractivity contribution >= 4 is 28.7 Å². The van der Waals surface area contributed by atoms with E-state index >= 15 is 0 Å². The molecule has 0 aliphatic carbocycles. The molecule has 0 radical (unpaired) electrons. The van der Waals surface area contributed by atoms with Gasteiger partial charge in [0.05, 0.1) is 0 Å². The first-order valence-electron chi connectivity index (χ1n) is 5.94. The normalized spacial score (nSPS) is 16.9. The maximum absolute atomic E-state index is 12.1. The summed E-state index contributed by atoms with van der Waals surface area (Å²) in [6.45, 7) is 0. The molecule has 5 nitrogen and oxygen atoms in total. The summed E-state index contributed by atoms with van der Waals surface area (Å²) in [5.74, 6) is 2.20. The van der Waals surface area contributed by atoms with Crippen LogP contribution in [0.2, 0.25) is 0 Å². The molecule has 0 bridgehead atoms. The average Bonchev–Trinajstić information content (AvgIpc) is 2.87. The molecule has 18 heavy (non-hydrogen) atoms. The minimum Gasteiger partial charge on any atom is -0.349 e. The molecule has 0 atom stereocenters. The summed E-state index contributed by atoms with van der Waals surface area (Å²) in [7, 11) is 0. The Morgan fingerprint density at radius 1 is 1.28 bits per heavy atom. The molecule has 6 heteroatoms. The number of carbonyl (C=O) groups excluding carboxylic acids is 1. The number of nitrogens with one attached hydrogen (secondary N) is 1. The minimum absolute atomic E-state index is 0.0446. The van der Waals surface area contributed by atoms with E-state index in [1.54, 1.807) is 18.2 Å². The number of thioether (sulfide) groups is 1. The van der Waals surface area contributed by atoms with E-state index in [4.69, 9.17) is 0 Å². The molecule has 1 aliphatic heterocycles. The van der Waals surface area contributed by atoms with Crippen molar-refractivity contribution in [1.82, 2.24) is 15.6 Å². The first-order chi connectivity index (χ1) is 8.83. The fourth-order valence-electron chi connectivity index (χ4n) is 2.03. The van der Waals surface area contributed by atoms with Gasteiger partial charge in [0, 0.05) is 11.6 Å². The van der Waals surface area contributed by atoms with Crippen LogP contribution in [0.4, 0.5) is 0 Å². The van der Waals surface area contributed by atoms with Crippen molar-refractivity contribution in [3.63, 3.8) is 0 Å². The Bertz CT molecular complexity index is 563. The molecule has 1 saturated heterocycles. The molecule has 2 heterocycles. The third-order valence-corrected chi connectivity index (χ3v) is 4.12. The maximum atomic E-state index is 12.1. The maximum Gasteiger partial charge on any atom is 0.251 e. The lowest BCUT2D eigenvalue weighted by Crippen LogP contribution is -2.37. The first kappa shape index (κ1) is 11.5. The van der Waals surface area contributed by atoms with Gasteiger partial charge in [-0.25, -0.2) is 4.63 Å². The number of carbonyl (C=O) groups is 1. The van der Waals surface area contributed by atoms with Crippen LogP contribution in [0.1, 0.15) is 23.2 Å². The molecule has 0 spiro atoms. The molecule has 3 rings (SSSR count). The topological polar surface area (TPSA) is 68.0 Å². The monoisotopic (exact) mass is 263 g/mol. The van der Waals surface area contributed by atoms with E-state index < -0.39 is 0 Å². The summed E-state index contributed by atoms with van der Waals surface area (Å²) < 4.78 is 4.62. The minimum atomic E-state index is -0.0446. The summed E-state index contributed by atoms with van der Waals surface area (Å²) in [6.07, 6.45) is 2.09. The van der Waals surface area contributed by atoms with Crippen molar-refractivity contribution in [2.45, 2.75) is 18.9 Å². The van der Waals surface area contributed by atoms with Gasteiger partial charge in [0.1, 0.15) is 11.0 Å². The quantitative estimate of drug-likeness (QED) is 0.895. The van der Waals surface area contributed by atoms with Crippen molar-refractivity contribution < 1.29 is 9.42 Å². The van der Waals surface area contributed by atoms with E-state index in [2.05, 4.69) is 20.3 Å². The molecule has 94 valence electrons. The lowest BCUT2D eigenvalue weighted by Gasteiger charge is -2.22. The lowest BCUT2D eigenvalue weighted by atomic mass is 10.1. The standard InChI is InChI=1S/C12H13N3O2S/c16-12(13-9-3-5-18-6-4-9)8-1-2-10-11(7-8)15-17-14-10/h1-2,7,9H,3-6H2,(H,13,16). The molecule has 2 aromatic rings. The second kappa shape index (κ2) is 4.97. The molecule has 1 fully saturated rings. The predicted molar refractivity (Wildman–Crippen MR) is 69.6 cm³/mol. The smallest absolute Gasteiger partial charge is 0.251 e. The summed E-state index contributed by atoms with van der Waals surface area (Å²) >= 11 is 1.94. The van der Waals surface area contributed by atoms with Gasteiger partial charge in [-0.05, 0) is 52.9 Å². The number of aromatic nitrogens is 2. The van der Waals surface area contributed by atoms with Crippen LogP contribution in [0.25, 0.3) is 11.0 Å². The Morgan fingerprint density at radius 2 is 2.06 bits per heavy atom. The van der Waals surface area contributed by atoms with Crippen LogP contribution in [0.5, 0.6) is 0 Å². The van der Waals surface area contributed by atoms with Crippen LogP contribution in [0.15, 0.2) is 22.8 Å². The van der Waals surface area contributed by atoms with Crippen molar-refractivity contribution in [3.05, 3.63) is 23.8 Å². The van der Waals surface area contributed by atoms with Gasteiger partial charge in [0.25, 0.3) is 5.91 Å². The van der Waals surface area contributed by atoms with Gasteiger partial charge >= 0.3 is 0 Å². The SMILES string of the molecule is O=C(NC1CCSCC1)c1ccc2nonc2c1. The molecule has 1 N–H and O–H groups in total. The molecule has 0 unspecified atom stereocenters. The second-order valence-electron chi connectivity index (χ2n) is 4.33.